The summed E-state index contributed by atoms with van der Waals surface area (Å²) in [5, 5.41) is 3.02. The van der Waals surface area contributed by atoms with E-state index in [2.05, 4.69) is 15.3 Å². The molecule has 3 heterocycles. The molecule has 0 unspecified atom stereocenters. The topological polar surface area (TPSA) is 105 Å². The first-order valence-corrected chi connectivity index (χ1v) is 12.8. The van der Waals surface area contributed by atoms with Crippen molar-refractivity contribution in [2.24, 2.45) is 5.41 Å². The van der Waals surface area contributed by atoms with Gasteiger partial charge in [-0.05, 0) is 74.4 Å². The fraction of sp³-hybridized carbons (Fsp3) is 0.357. The Bertz CT molecular complexity index is 1530. The lowest BCUT2D eigenvalue weighted by Crippen LogP contribution is -2.43. The molecule has 1 spiro atoms. The van der Waals surface area contributed by atoms with E-state index in [-0.39, 0.29) is 22.9 Å². The van der Waals surface area contributed by atoms with E-state index in [0.29, 0.717) is 38.0 Å². The van der Waals surface area contributed by atoms with Crippen LogP contribution in [-0.4, -0.2) is 48.4 Å². The summed E-state index contributed by atoms with van der Waals surface area (Å²) in [4.78, 5) is 47.7. The fourth-order valence-corrected chi connectivity index (χ4v) is 5.46. The molecule has 2 aromatic heterocycles. The second-order valence-electron chi connectivity index (χ2n) is 10.4. The third-order valence-electron chi connectivity index (χ3n) is 7.69. The van der Waals surface area contributed by atoms with Crippen LogP contribution in [0.25, 0.3) is 16.7 Å². The Labute approximate surface area is 214 Å². The van der Waals surface area contributed by atoms with Crippen LogP contribution >= 0.6 is 0 Å². The smallest absolute Gasteiger partial charge is 0.326 e. The van der Waals surface area contributed by atoms with Gasteiger partial charge in [0.25, 0.3) is 0 Å². The van der Waals surface area contributed by atoms with Crippen molar-refractivity contribution < 1.29 is 9.59 Å². The molecule has 1 aliphatic carbocycles. The van der Waals surface area contributed by atoms with Crippen LogP contribution < -0.4 is 11.0 Å². The standard InChI is InChI=1S/C28H30N6O3/c1-19-16-32(18-29-19)21-10-8-20(9-11-21)30-26(36)24-15-28(12-13-28)17-34(24)25(35)7-4-14-33-23-6-3-2-5-22(23)31-27(33)37/h2-3,5-6,8-11,16,18,24H,4,7,12-15,17H2,1H3,(H,30,36)(H,31,37)/t24-/m0/s1. The van der Waals surface area contributed by atoms with E-state index < -0.39 is 6.04 Å². The van der Waals surface area contributed by atoms with E-state index in [1.165, 1.54) is 0 Å². The Kier molecular flexibility index (Phi) is 5.70. The van der Waals surface area contributed by atoms with Gasteiger partial charge in [0.1, 0.15) is 6.04 Å². The number of hydrogen-bond donors (Lipinski definition) is 2. The van der Waals surface area contributed by atoms with Gasteiger partial charge in [-0.1, -0.05) is 12.1 Å². The van der Waals surface area contributed by atoms with Crippen molar-refractivity contribution in [2.45, 2.75) is 51.6 Å². The van der Waals surface area contributed by atoms with Gasteiger partial charge in [0.05, 0.1) is 23.1 Å². The molecule has 4 aromatic rings. The number of aromatic nitrogens is 4. The second-order valence-corrected chi connectivity index (χ2v) is 10.4. The van der Waals surface area contributed by atoms with Crippen LogP contribution in [0.4, 0.5) is 5.69 Å². The SMILES string of the molecule is Cc1cn(-c2ccc(NC(=O)[C@@H]3CC4(CC4)CN3C(=O)CCCn3c(=O)[nH]c4ccccc43)cc2)cn1. The minimum Gasteiger partial charge on any atom is -0.330 e. The maximum absolute atomic E-state index is 13.3. The number of benzene rings is 2. The highest BCUT2D eigenvalue weighted by atomic mass is 16.2. The minimum absolute atomic E-state index is 0.0253. The molecular formula is C28H30N6O3. The predicted octanol–water partition coefficient (Wildman–Crippen LogP) is 3.62. The van der Waals surface area contributed by atoms with Crippen LogP contribution in [0.5, 0.6) is 0 Å². The van der Waals surface area contributed by atoms with Crippen LogP contribution in [-0.2, 0) is 16.1 Å². The summed E-state index contributed by atoms with van der Waals surface area (Å²) in [5.41, 5.74) is 4.15. The first-order valence-electron chi connectivity index (χ1n) is 12.8. The molecular weight excluding hydrogens is 468 g/mol. The van der Waals surface area contributed by atoms with Gasteiger partial charge in [-0.15, -0.1) is 0 Å². The fourth-order valence-electron chi connectivity index (χ4n) is 5.46. The number of rotatable bonds is 7. The van der Waals surface area contributed by atoms with Gasteiger partial charge in [0, 0.05) is 37.1 Å². The van der Waals surface area contributed by atoms with E-state index in [1.54, 1.807) is 15.8 Å². The quantitative estimate of drug-likeness (QED) is 0.406. The average molecular weight is 499 g/mol. The van der Waals surface area contributed by atoms with Crippen molar-refractivity contribution in [2.75, 3.05) is 11.9 Å². The van der Waals surface area contributed by atoms with E-state index in [4.69, 9.17) is 0 Å². The molecule has 9 nitrogen and oxygen atoms in total. The van der Waals surface area contributed by atoms with Crippen molar-refractivity contribution in [3.63, 3.8) is 0 Å². The number of nitrogens with zero attached hydrogens (tertiary/aromatic N) is 4. The molecule has 1 saturated heterocycles. The molecule has 2 aliphatic rings. The van der Waals surface area contributed by atoms with Gasteiger partial charge in [-0.3, -0.25) is 14.2 Å². The number of aryl methyl sites for hydroxylation is 2. The molecule has 1 saturated carbocycles. The average Bonchev–Trinajstić information content (AvgIpc) is 3.19. The van der Waals surface area contributed by atoms with Crippen LogP contribution in [0.2, 0.25) is 0 Å². The zero-order valence-electron chi connectivity index (χ0n) is 20.8. The van der Waals surface area contributed by atoms with Crippen LogP contribution in [0.1, 0.15) is 37.8 Å². The van der Waals surface area contributed by atoms with Gasteiger partial charge >= 0.3 is 5.69 Å². The molecule has 9 heteroatoms. The maximum Gasteiger partial charge on any atom is 0.326 e. The zero-order valence-corrected chi connectivity index (χ0v) is 20.8. The Morgan fingerprint density at radius 3 is 2.65 bits per heavy atom. The Morgan fingerprint density at radius 1 is 1.14 bits per heavy atom. The second kappa shape index (κ2) is 9.06. The zero-order chi connectivity index (χ0) is 25.6. The number of H-pyrrole nitrogens is 1. The summed E-state index contributed by atoms with van der Waals surface area (Å²) in [6.07, 6.45) is 7.36. The van der Waals surface area contributed by atoms with Gasteiger partial charge in [0.2, 0.25) is 11.8 Å². The largest absolute Gasteiger partial charge is 0.330 e. The summed E-state index contributed by atoms with van der Waals surface area (Å²) in [7, 11) is 0. The normalized spacial score (nSPS) is 18.0. The third kappa shape index (κ3) is 4.57. The van der Waals surface area contributed by atoms with Crippen molar-refractivity contribution >= 4 is 28.5 Å². The van der Waals surface area contributed by atoms with Crippen LogP contribution in [0.15, 0.2) is 65.8 Å². The summed E-state index contributed by atoms with van der Waals surface area (Å²) in [6, 6.07) is 14.7. The van der Waals surface area contributed by atoms with Gasteiger partial charge < -0.3 is 19.8 Å². The molecule has 2 amide bonds. The molecule has 2 aromatic carbocycles. The van der Waals surface area contributed by atoms with Gasteiger partial charge in [0.15, 0.2) is 0 Å². The monoisotopic (exact) mass is 498 g/mol. The number of imidazole rings is 2. The predicted molar refractivity (Wildman–Crippen MR) is 141 cm³/mol. The number of carbonyl (C=O) groups excluding carboxylic acids is 2. The summed E-state index contributed by atoms with van der Waals surface area (Å²) in [6.45, 7) is 3.03. The lowest BCUT2D eigenvalue weighted by atomic mass is 10.0. The molecule has 2 N–H and O–H groups in total. The van der Waals surface area contributed by atoms with E-state index in [1.807, 2.05) is 66.2 Å². The van der Waals surface area contributed by atoms with E-state index in [9.17, 15) is 14.4 Å². The Morgan fingerprint density at radius 2 is 1.92 bits per heavy atom. The molecule has 0 radical (unpaired) electrons. The van der Waals surface area contributed by atoms with Gasteiger partial charge in [-0.2, -0.15) is 0 Å². The molecule has 37 heavy (non-hydrogen) atoms. The first kappa shape index (κ1) is 23.3. The molecule has 2 fully saturated rings. The van der Waals surface area contributed by atoms with Crippen molar-refractivity contribution in [1.29, 1.82) is 0 Å². The number of carbonyl (C=O) groups is 2. The number of hydrogen-bond acceptors (Lipinski definition) is 4. The van der Waals surface area contributed by atoms with E-state index >= 15 is 0 Å². The van der Waals surface area contributed by atoms with Gasteiger partial charge in [-0.25, -0.2) is 9.78 Å². The Balaban J connectivity index is 1.10. The number of fused-ring (bicyclic) bond motifs is 1. The number of likely N-dealkylation sites (tertiary alicyclic amines) is 1. The highest BCUT2D eigenvalue weighted by Gasteiger charge is 2.54. The molecule has 190 valence electrons. The number of amides is 2. The number of anilines is 1. The number of nitrogens with one attached hydrogen (secondary N) is 2. The van der Waals surface area contributed by atoms with E-state index in [0.717, 1.165) is 35.3 Å². The van der Waals surface area contributed by atoms with Crippen LogP contribution in [0, 0.1) is 12.3 Å². The lowest BCUT2D eigenvalue weighted by Gasteiger charge is -2.24. The number of aromatic amines is 1. The first-order chi connectivity index (χ1) is 17.9. The lowest BCUT2D eigenvalue weighted by molar-refractivity contribution is -0.136. The highest BCUT2D eigenvalue weighted by Crippen LogP contribution is 2.55. The number of para-hydroxylation sites is 2. The van der Waals surface area contributed by atoms with Crippen molar-refractivity contribution in [1.82, 2.24) is 24.0 Å². The summed E-state index contributed by atoms with van der Waals surface area (Å²) >= 11 is 0. The maximum atomic E-state index is 13.3. The third-order valence-corrected chi connectivity index (χ3v) is 7.69. The molecule has 1 aliphatic heterocycles. The molecule has 0 bridgehead atoms. The van der Waals surface area contributed by atoms with Crippen LogP contribution in [0.3, 0.4) is 0 Å². The van der Waals surface area contributed by atoms with Crippen molar-refractivity contribution in [3.8, 4) is 5.69 Å². The molecule has 1 atom stereocenters. The van der Waals surface area contributed by atoms with Crippen molar-refractivity contribution in [3.05, 3.63) is 77.2 Å². The summed E-state index contributed by atoms with van der Waals surface area (Å²) in [5.74, 6) is -0.168. The Hall–Kier alpha value is -4.14. The summed E-state index contributed by atoms with van der Waals surface area (Å²) < 4.78 is 3.60. The molecule has 6 rings (SSSR count). The minimum atomic E-state index is -0.471. The highest BCUT2D eigenvalue weighted by molar-refractivity contribution is 5.97.